The molecular formula is C27H22N2O2. The van der Waals surface area contributed by atoms with Gasteiger partial charge in [-0.05, 0) is 34.4 Å². The fourth-order valence-corrected chi connectivity index (χ4v) is 4.51. The number of nitrogens with zero attached hydrogens (tertiary/aromatic N) is 1. The van der Waals surface area contributed by atoms with Gasteiger partial charge in [0.25, 0.3) is 0 Å². The van der Waals surface area contributed by atoms with Gasteiger partial charge >= 0.3 is 0 Å². The van der Waals surface area contributed by atoms with Crippen LogP contribution in [0.15, 0.2) is 102 Å². The van der Waals surface area contributed by atoms with Crippen LogP contribution in [0.25, 0.3) is 10.8 Å². The van der Waals surface area contributed by atoms with Crippen LogP contribution in [0, 0.1) is 5.92 Å². The molecule has 31 heavy (non-hydrogen) atoms. The van der Waals surface area contributed by atoms with E-state index in [9.17, 15) is 9.90 Å². The summed E-state index contributed by atoms with van der Waals surface area (Å²) in [6, 6.07) is 31.6. The van der Waals surface area contributed by atoms with Crippen molar-refractivity contribution in [3.63, 3.8) is 0 Å². The van der Waals surface area contributed by atoms with Gasteiger partial charge in [-0.25, -0.2) is 5.43 Å². The number of phenols is 1. The van der Waals surface area contributed by atoms with Crippen molar-refractivity contribution in [3.8, 4) is 5.75 Å². The van der Waals surface area contributed by atoms with Crippen molar-refractivity contribution in [2.45, 2.75) is 11.8 Å². The fourth-order valence-electron chi connectivity index (χ4n) is 4.51. The molecule has 1 unspecified atom stereocenters. The first kappa shape index (κ1) is 19.1. The molecule has 152 valence electrons. The Morgan fingerprint density at radius 1 is 0.871 bits per heavy atom. The topological polar surface area (TPSA) is 61.7 Å². The van der Waals surface area contributed by atoms with Gasteiger partial charge in [0.1, 0.15) is 5.75 Å². The van der Waals surface area contributed by atoms with E-state index in [0.717, 1.165) is 28.3 Å². The van der Waals surface area contributed by atoms with Crippen molar-refractivity contribution in [2.24, 2.45) is 11.0 Å². The number of hydrogen-bond acceptors (Lipinski definition) is 3. The number of benzene rings is 4. The molecule has 4 heteroatoms. The highest BCUT2D eigenvalue weighted by atomic mass is 16.3. The predicted molar refractivity (Wildman–Crippen MR) is 123 cm³/mol. The standard InChI is InChI=1S/C27H22N2O2/c30-25-16-15-19-9-7-8-14-22(19)23(25)18-28-29-26(31)24-17-27(24,20-10-3-1-4-11-20)21-12-5-2-6-13-21/h1-16,18,24,30H,17H2,(H,29,31). The van der Waals surface area contributed by atoms with Crippen LogP contribution < -0.4 is 5.43 Å². The number of carbonyl (C=O) groups excluding carboxylic acids is 1. The van der Waals surface area contributed by atoms with E-state index in [1.54, 1.807) is 6.07 Å². The number of carbonyl (C=O) groups is 1. The third kappa shape index (κ3) is 3.36. The van der Waals surface area contributed by atoms with Crippen molar-refractivity contribution in [3.05, 3.63) is 114 Å². The van der Waals surface area contributed by atoms with Gasteiger partial charge in [-0.3, -0.25) is 4.79 Å². The van der Waals surface area contributed by atoms with Crippen molar-refractivity contribution in [2.75, 3.05) is 0 Å². The van der Waals surface area contributed by atoms with Gasteiger partial charge in [-0.2, -0.15) is 5.10 Å². The summed E-state index contributed by atoms with van der Waals surface area (Å²) in [5.74, 6) is -0.190. The Balaban J connectivity index is 1.40. The van der Waals surface area contributed by atoms with Gasteiger partial charge in [-0.15, -0.1) is 0 Å². The average Bonchev–Trinajstić information content (AvgIpc) is 3.59. The van der Waals surface area contributed by atoms with Crippen molar-refractivity contribution in [1.29, 1.82) is 0 Å². The highest BCUT2D eigenvalue weighted by Gasteiger charge is 2.60. The van der Waals surface area contributed by atoms with Crippen molar-refractivity contribution in [1.82, 2.24) is 5.43 Å². The molecular weight excluding hydrogens is 384 g/mol. The van der Waals surface area contributed by atoms with Crippen molar-refractivity contribution >= 4 is 22.9 Å². The van der Waals surface area contributed by atoms with E-state index in [4.69, 9.17) is 0 Å². The van der Waals surface area contributed by atoms with Gasteiger partial charge in [0, 0.05) is 11.0 Å². The number of fused-ring (bicyclic) bond motifs is 1. The summed E-state index contributed by atoms with van der Waals surface area (Å²) in [4.78, 5) is 13.0. The third-order valence-electron chi connectivity index (χ3n) is 6.17. The molecule has 2 N–H and O–H groups in total. The summed E-state index contributed by atoms with van der Waals surface area (Å²) in [5, 5.41) is 16.3. The maximum atomic E-state index is 13.0. The second kappa shape index (κ2) is 7.73. The molecule has 0 aromatic heterocycles. The molecule has 0 bridgehead atoms. The molecule has 1 aliphatic carbocycles. The Morgan fingerprint density at radius 2 is 1.48 bits per heavy atom. The summed E-state index contributed by atoms with van der Waals surface area (Å²) < 4.78 is 0. The average molecular weight is 406 g/mol. The van der Waals surface area contributed by atoms with Crippen LogP contribution in [0.5, 0.6) is 5.75 Å². The minimum atomic E-state index is -0.330. The Bertz CT molecular complexity index is 1230. The third-order valence-corrected chi connectivity index (χ3v) is 6.17. The first-order chi connectivity index (χ1) is 15.2. The summed E-state index contributed by atoms with van der Waals surface area (Å²) >= 11 is 0. The van der Waals surface area contributed by atoms with Crippen LogP contribution in [0.3, 0.4) is 0 Å². The minimum absolute atomic E-state index is 0.122. The molecule has 0 heterocycles. The maximum absolute atomic E-state index is 13.0. The monoisotopic (exact) mass is 406 g/mol. The molecule has 4 aromatic rings. The minimum Gasteiger partial charge on any atom is -0.507 e. The largest absolute Gasteiger partial charge is 0.507 e. The number of phenolic OH excluding ortho intramolecular Hbond substituents is 1. The molecule has 0 radical (unpaired) electrons. The van der Waals surface area contributed by atoms with Gasteiger partial charge in [-0.1, -0.05) is 91.0 Å². The quantitative estimate of drug-likeness (QED) is 0.362. The van der Waals surface area contributed by atoms with Crippen LogP contribution in [-0.2, 0) is 10.2 Å². The lowest BCUT2D eigenvalue weighted by atomic mass is 9.85. The van der Waals surface area contributed by atoms with Gasteiger partial charge in [0.05, 0.1) is 12.1 Å². The second-order valence-electron chi connectivity index (χ2n) is 7.91. The second-order valence-corrected chi connectivity index (χ2v) is 7.91. The molecule has 4 nitrogen and oxygen atoms in total. The number of hydrazone groups is 1. The first-order valence-electron chi connectivity index (χ1n) is 10.3. The normalized spacial score (nSPS) is 17.0. The molecule has 1 saturated carbocycles. The molecule has 0 aliphatic heterocycles. The molecule has 1 fully saturated rings. The van der Waals surface area contributed by atoms with E-state index in [1.165, 1.54) is 6.21 Å². The summed E-state index contributed by atoms with van der Waals surface area (Å²) in [7, 11) is 0. The van der Waals surface area contributed by atoms with Crippen LogP contribution >= 0.6 is 0 Å². The Hall–Kier alpha value is -3.92. The van der Waals surface area contributed by atoms with E-state index < -0.39 is 0 Å². The number of aromatic hydroxyl groups is 1. The summed E-state index contributed by atoms with van der Waals surface area (Å²) in [6.45, 7) is 0. The zero-order valence-corrected chi connectivity index (χ0v) is 16.9. The van der Waals surface area contributed by atoms with Gasteiger partial charge in [0.15, 0.2) is 0 Å². The number of hydrogen-bond donors (Lipinski definition) is 2. The smallest absolute Gasteiger partial charge is 0.244 e. The van der Waals surface area contributed by atoms with Crippen LogP contribution in [-0.4, -0.2) is 17.2 Å². The number of rotatable bonds is 5. The Labute approximate surface area is 180 Å². The van der Waals surface area contributed by atoms with Gasteiger partial charge < -0.3 is 5.11 Å². The molecule has 1 amide bonds. The molecule has 0 spiro atoms. The van der Waals surface area contributed by atoms with E-state index in [0.29, 0.717) is 5.56 Å². The SMILES string of the molecule is O=C(NN=Cc1c(O)ccc2ccccc12)C1CC1(c1ccccc1)c1ccccc1. The van der Waals surface area contributed by atoms with Crippen LogP contribution in [0.4, 0.5) is 0 Å². The van der Waals surface area contributed by atoms with E-state index in [2.05, 4.69) is 34.8 Å². The van der Waals surface area contributed by atoms with Gasteiger partial charge in [0.2, 0.25) is 5.91 Å². The number of nitrogens with one attached hydrogen (secondary N) is 1. The maximum Gasteiger partial charge on any atom is 0.244 e. The zero-order valence-electron chi connectivity index (χ0n) is 16.9. The van der Waals surface area contributed by atoms with E-state index in [-0.39, 0.29) is 23.0 Å². The molecule has 1 atom stereocenters. The van der Waals surface area contributed by atoms with Crippen LogP contribution in [0.2, 0.25) is 0 Å². The lowest BCUT2D eigenvalue weighted by Crippen LogP contribution is -2.25. The zero-order chi connectivity index (χ0) is 21.3. The van der Waals surface area contributed by atoms with E-state index in [1.807, 2.05) is 66.7 Å². The Morgan fingerprint density at radius 3 is 2.16 bits per heavy atom. The fraction of sp³-hybridized carbons (Fsp3) is 0.111. The molecule has 5 rings (SSSR count). The highest BCUT2D eigenvalue weighted by molar-refractivity contribution is 6.02. The van der Waals surface area contributed by atoms with E-state index >= 15 is 0 Å². The first-order valence-corrected chi connectivity index (χ1v) is 10.3. The Kier molecular flexibility index (Phi) is 4.75. The summed E-state index contributed by atoms with van der Waals surface area (Å²) in [5.41, 5.74) is 5.23. The predicted octanol–water partition coefficient (Wildman–Crippen LogP) is 5.00. The highest BCUT2D eigenvalue weighted by Crippen LogP contribution is 2.58. The number of amides is 1. The lowest BCUT2D eigenvalue weighted by molar-refractivity contribution is -0.122. The van der Waals surface area contributed by atoms with Crippen LogP contribution in [0.1, 0.15) is 23.1 Å². The molecule has 4 aromatic carbocycles. The summed E-state index contributed by atoms with van der Waals surface area (Å²) in [6.07, 6.45) is 2.26. The molecule has 0 saturated heterocycles. The lowest BCUT2D eigenvalue weighted by Gasteiger charge is -2.18. The van der Waals surface area contributed by atoms with Crippen molar-refractivity contribution < 1.29 is 9.90 Å². The molecule has 1 aliphatic rings.